The molecule has 0 bridgehead atoms. The van der Waals surface area contributed by atoms with Crippen LogP contribution in [0.4, 0.5) is 0 Å². The molecule has 5 nitrogen and oxygen atoms in total. The van der Waals surface area contributed by atoms with Crippen LogP contribution >= 0.6 is 0 Å². The highest BCUT2D eigenvalue weighted by molar-refractivity contribution is 5.87. The first kappa shape index (κ1) is 14.4. The van der Waals surface area contributed by atoms with Crippen molar-refractivity contribution in [3.05, 3.63) is 17.5 Å². The lowest BCUT2D eigenvalue weighted by Gasteiger charge is -2.01. The maximum absolute atomic E-state index is 11.6. The Hall–Kier alpha value is -1.65. The highest BCUT2D eigenvalue weighted by Crippen LogP contribution is 2.12. The van der Waals surface area contributed by atoms with Gasteiger partial charge in [0.1, 0.15) is 5.78 Å². The first-order chi connectivity index (χ1) is 8.50. The molecule has 1 aromatic heterocycles. The van der Waals surface area contributed by atoms with Crippen LogP contribution in [0.25, 0.3) is 0 Å². The topological polar surface area (TPSA) is 72.1 Å². The maximum atomic E-state index is 11.6. The largest absolute Gasteiger partial charge is 0.461 e. The van der Waals surface area contributed by atoms with Crippen molar-refractivity contribution in [2.24, 2.45) is 0 Å². The Bertz CT molecular complexity index is 410. The average Bonchev–Trinajstić information content (AvgIpc) is 2.77. The number of ketones is 1. The van der Waals surface area contributed by atoms with E-state index in [1.165, 1.54) is 0 Å². The molecule has 0 radical (unpaired) electrons. The summed E-state index contributed by atoms with van der Waals surface area (Å²) in [5.41, 5.74) is 1.23. The van der Waals surface area contributed by atoms with E-state index < -0.39 is 5.97 Å². The second-order valence-corrected chi connectivity index (χ2v) is 4.66. The Kier molecular flexibility index (Phi) is 5.55. The van der Waals surface area contributed by atoms with Gasteiger partial charge in [-0.15, -0.1) is 0 Å². The van der Waals surface area contributed by atoms with E-state index >= 15 is 0 Å². The number of hydrogen-bond donors (Lipinski definition) is 1. The highest BCUT2D eigenvalue weighted by Gasteiger charge is 2.13. The number of nitrogens with one attached hydrogen (secondary N) is 1. The number of ether oxygens (including phenoxy) is 1. The maximum Gasteiger partial charge on any atom is 0.358 e. The molecule has 1 N–H and O–H groups in total. The first-order valence-corrected chi connectivity index (χ1v) is 6.22. The van der Waals surface area contributed by atoms with Crippen molar-refractivity contribution in [2.45, 2.75) is 46.0 Å². The molecule has 0 aliphatic heterocycles. The summed E-state index contributed by atoms with van der Waals surface area (Å²) < 4.78 is 5.07. The summed E-state index contributed by atoms with van der Waals surface area (Å²) in [5.74, 6) is 0.0470. The van der Waals surface area contributed by atoms with Crippen LogP contribution in [-0.2, 0) is 9.53 Å². The van der Waals surface area contributed by atoms with Crippen molar-refractivity contribution in [2.75, 3.05) is 6.61 Å². The lowest BCUT2D eigenvalue weighted by molar-refractivity contribution is -0.117. The second-order valence-electron chi connectivity index (χ2n) is 4.66. The molecular formula is C13H20N2O3. The fourth-order valence-corrected chi connectivity index (χ4v) is 1.45. The first-order valence-electron chi connectivity index (χ1n) is 6.22. The minimum absolute atomic E-state index is 0.162. The summed E-state index contributed by atoms with van der Waals surface area (Å²) in [7, 11) is 0. The number of Topliss-reactive ketones (excluding diaryl/α,β-unsaturated/α-hetero) is 1. The molecular weight excluding hydrogens is 232 g/mol. The van der Waals surface area contributed by atoms with E-state index in [1.54, 1.807) is 13.0 Å². The third-order valence-corrected chi connectivity index (χ3v) is 2.59. The summed E-state index contributed by atoms with van der Waals surface area (Å²) in [4.78, 5) is 22.3. The van der Waals surface area contributed by atoms with Gasteiger partial charge in [0.15, 0.2) is 5.69 Å². The van der Waals surface area contributed by atoms with Gasteiger partial charge in [-0.05, 0) is 31.7 Å². The van der Waals surface area contributed by atoms with Crippen LogP contribution in [0.2, 0.25) is 0 Å². The SMILES string of the molecule is CC(=O)CCCCOC(=O)c1cc(C(C)C)[nH]n1. The van der Waals surface area contributed by atoms with Gasteiger partial charge in [0.2, 0.25) is 0 Å². The fraction of sp³-hybridized carbons (Fsp3) is 0.615. The summed E-state index contributed by atoms with van der Waals surface area (Å²) in [6.45, 7) is 5.92. The van der Waals surface area contributed by atoms with Gasteiger partial charge in [-0.25, -0.2) is 4.79 Å². The third-order valence-electron chi connectivity index (χ3n) is 2.59. The third kappa shape index (κ3) is 4.69. The highest BCUT2D eigenvalue weighted by atomic mass is 16.5. The van der Waals surface area contributed by atoms with Gasteiger partial charge in [0.25, 0.3) is 0 Å². The zero-order valence-electron chi connectivity index (χ0n) is 11.2. The van der Waals surface area contributed by atoms with Crippen LogP contribution in [0.15, 0.2) is 6.07 Å². The molecule has 0 aliphatic rings. The van der Waals surface area contributed by atoms with Crippen LogP contribution in [0, 0.1) is 0 Å². The molecule has 1 rings (SSSR count). The number of nitrogens with zero attached hydrogens (tertiary/aromatic N) is 1. The van der Waals surface area contributed by atoms with Gasteiger partial charge in [0.05, 0.1) is 6.61 Å². The zero-order chi connectivity index (χ0) is 13.5. The lowest BCUT2D eigenvalue weighted by Crippen LogP contribution is -2.07. The number of H-pyrrole nitrogens is 1. The number of hydrogen-bond acceptors (Lipinski definition) is 4. The number of aromatic nitrogens is 2. The van der Waals surface area contributed by atoms with Gasteiger partial charge in [-0.3, -0.25) is 5.10 Å². The Morgan fingerprint density at radius 2 is 2.11 bits per heavy atom. The summed E-state index contributed by atoms with van der Waals surface area (Å²) in [5, 5.41) is 6.72. The molecule has 100 valence electrons. The van der Waals surface area contributed by atoms with Gasteiger partial charge < -0.3 is 9.53 Å². The molecule has 0 saturated carbocycles. The monoisotopic (exact) mass is 252 g/mol. The molecule has 0 aliphatic carbocycles. The number of unbranched alkanes of at least 4 members (excludes halogenated alkanes) is 1. The van der Waals surface area contributed by atoms with Crippen molar-refractivity contribution in [1.82, 2.24) is 10.2 Å². The standard InChI is InChI=1S/C13H20N2O3/c1-9(2)11-8-12(15-14-11)13(17)18-7-5-4-6-10(3)16/h8-9H,4-7H2,1-3H3,(H,14,15). The minimum atomic E-state index is -0.416. The van der Waals surface area contributed by atoms with E-state index in [2.05, 4.69) is 10.2 Å². The van der Waals surface area contributed by atoms with Crippen molar-refractivity contribution < 1.29 is 14.3 Å². The van der Waals surface area contributed by atoms with Crippen molar-refractivity contribution >= 4 is 11.8 Å². The number of carbonyl (C=O) groups is 2. The smallest absolute Gasteiger partial charge is 0.358 e. The normalized spacial score (nSPS) is 10.7. The summed E-state index contributed by atoms with van der Waals surface area (Å²) >= 11 is 0. The average molecular weight is 252 g/mol. The van der Waals surface area contributed by atoms with E-state index in [4.69, 9.17) is 4.74 Å². The van der Waals surface area contributed by atoms with Crippen LogP contribution in [0.3, 0.4) is 0 Å². The molecule has 0 aromatic carbocycles. The number of carbonyl (C=O) groups excluding carboxylic acids is 2. The van der Waals surface area contributed by atoms with Crippen molar-refractivity contribution in [3.63, 3.8) is 0 Å². The lowest BCUT2D eigenvalue weighted by atomic mass is 10.1. The van der Waals surface area contributed by atoms with E-state index in [-0.39, 0.29) is 5.78 Å². The molecule has 0 fully saturated rings. The van der Waals surface area contributed by atoms with Gasteiger partial charge >= 0.3 is 5.97 Å². The zero-order valence-corrected chi connectivity index (χ0v) is 11.2. The Balaban J connectivity index is 2.29. The number of rotatable bonds is 7. The van der Waals surface area contributed by atoms with Gasteiger partial charge in [-0.1, -0.05) is 13.8 Å². The predicted octanol–water partition coefficient (Wildman–Crippen LogP) is 2.45. The predicted molar refractivity (Wildman–Crippen MR) is 67.5 cm³/mol. The quantitative estimate of drug-likeness (QED) is 0.597. The molecule has 0 saturated heterocycles. The van der Waals surface area contributed by atoms with Crippen molar-refractivity contribution in [1.29, 1.82) is 0 Å². The Morgan fingerprint density at radius 3 is 2.67 bits per heavy atom. The minimum Gasteiger partial charge on any atom is -0.461 e. The molecule has 1 aromatic rings. The van der Waals surface area contributed by atoms with Gasteiger partial charge in [-0.2, -0.15) is 5.10 Å². The molecule has 18 heavy (non-hydrogen) atoms. The van der Waals surface area contributed by atoms with E-state index in [0.717, 1.165) is 12.1 Å². The van der Waals surface area contributed by atoms with Crippen LogP contribution in [-0.4, -0.2) is 28.6 Å². The van der Waals surface area contributed by atoms with E-state index in [9.17, 15) is 9.59 Å². The number of esters is 1. The van der Waals surface area contributed by atoms with Crippen LogP contribution in [0.1, 0.15) is 62.1 Å². The molecule has 5 heteroatoms. The molecule has 0 amide bonds. The molecule has 0 unspecified atom stereocenters. The molecule has 0 spiro atoms. The summed E-state index contributed by atoms with van der Waals surface area (Å²) in [6, 6.07) is 1.71. The molecule has 0 atom stereocenters. The Labute approximate surface area is 107 Å². The Morgan fingerprint density at radius 1 is 1.39 bits per heavy atom. The fourth-order valence-electron chi connectivity index (χ4n) is 1.45. The van der Waals surface area contributed by atoms with Gasteiger partial charge in [0, 0.05) is 12.1 Å². The van der Waals surface area contributed by atoms with Crippen LogP contribution < -0.4 is 0 Å². The second kappa shape index (κ2) is 6.93. The number of aromatic amines is 1. The van der Waals surface area contributed by atoms with E-state index in [0.29, 0.717) is 31.1 Å². The van der Waals surface area contributed by atoms with Crippen molar-refractivity contribution in [3.8, 4) is 0 Å². The molecule has 1 heterocycles. The van der Waals surface area contributed by atoms with E-state index in [1.807, 2.05) is 13.8 Å². The summed E-state index contributed by atoms with van der Waals surface area (Å²) in [6.07, 6.45) is 1.99. The van der Waals surface area contributed by atoms with Crippen LogP contribution in [0.5, 0.6) is 0 Å².